The number of carbonyl (C=O) groups is 1. The van der Waals surface area contributed by atoms with Gasteiger partial charge in [-0.1, -0.05) is 24.3 Å². The van der Waals surface area contributed by atoms with E-state index in [0.29, 0.717) is 17.8 Å². The van der Waals surface area contributed by atoms with Crippen molar-refractivity contribution in [1.29, 1.82) is 0 Å². The zero-order valence-electron chi connectivity index (χ0n) is 11.5. The van der Waals surface area contributed by atoms with E-state index in [1.807, 2.05) is 18.3 Å². The van der Waals surface area contributed by atoms with Gasteiger partial charge in [0.1, 0.15) is 5.56 Å². The van der Waals surface area contributed by atoms with Crippen molar-refractivity contribution in [2.24, 2.45) is 0 Å². The minimum Gasteiger partial charge on any atom is -0.462 e. The van der Waals surface area contributed by atoms with E-state index in [4.69, 9.17) is 4.74 Å². The Morgan fingerprint density at radius 2 is 2.14 bits per heavy atom. The summed E-state index contributed by atoms with van der Waals surface area (Å²) in [5, 5.41) is 4.35. The zero-order valence-corrected chi connectivity index (χ0v) is 11.5. The molecule has 0 amide bonds. The van der Waals surface area contributed by atoms with E-state index in [1.165, 1.54) is 11.8 Å². The summed E-state index contributed by atoms with van der Waals surface area (Å²) in [6, 6.07) is 8.22. The topological polar surface area (TPSA) is 56.5 Å². The van der Waals surface area contributed by atoms with E-state index in [2.05, 4.69) is 22.2 Å². The summed E-state index contributed by atoms with van der Waals surface area (Å²) in [6.07, 6.45) is 4.21. The maximum Gasteiger partial charge on any atom is 0.343 e. The lowest BCUT2D eigenvalue weighted by Crippen LogP contribution is -2.05. The maximum absolute atomic E-state index is 11.9. The molecule has 4 rings (SSSR count). The quantitative estimate of drug-likeness (QED) is 0.529. The number of fused-ring (bicyclic) bond motifs is 5. The zero-order chi connectivity index (χ0) is 14.4. The molecule has 0 unspecified atom stereocenters. The fraction of sp³-hybridized carbons (Fsp3) is 0.188. The summed E-state index contributed by atoms with van der Waals surface area (Å²) in [4.78, 5) is 16.3. The van der Waals surface area contributed by atoms with Gasteiger partial charge < -0.3 is 4.74 Å². The van der Waals surface area contributed by atoms with Crippen LogP contribution in [0.3, 0.4) is 0 Å². The van der Waals surface area contributed by atoms with Crippen LogP contribution in [0.4, 0.5) is 0 Å². The monoisotopic (exact) mass is 279 g/mol. The van der Waals surface area contributed by atoms with Crippen molar-refractivity contribution in [3.63, 3.8) is 0 Å². The van der Waals surface area contributed by atoms with Gasteiger partial charge in [-0.05, 0) is 12.5 Å². The second kappa shape index (κ2) is 4.41. The summed E-state index contributed by atoms with van der Waals surface area (Å²) in [7, 11) is 0. The molecule has 0 fully saturated rings. The first-order valence-corrected chi connectivity index (χ1v) is 6.90. The Morgan fingerprint density at radius 1 is 1.29 bits per heavy atom. The molecule has 1 aliphatic carbocycles. The number of hydrogen-bond donors (Lipinski definition) is 0. The van der Waals surface area contributed by atoms with E-state index in [9.17, 15) is 4.79 Å². The van der Waals surface area contributed by atoms with Gasteiger partial charge in [-0.2, -0.15) is 5.10 Å². The molecule has 104 valence electrons. The van der Waals surface area contributed by atoms with Gasteiger partial charge in [0.25, 0.3) is 0 Å². The second-order valence-corrected chi connectivity index (χ2v) is 4.98. The number of carbonyl (C=O) groups excluding carboxylic acids is 1. The van der Waals surface area contributed by atoms with Crippen LogP contribution in [0.1, 0.15) is 28.4 Å². The lowest BCUT2D eigenvalue weighted by molar-refractivity contribution is 0.0528. The van der Waals surface area contributed by atoms with Gasteiger partial charge in [-0.25, -0.2) is 14.3 Å². The van der Waals surface area contributed by atoms with Crippen molar-refractivity contribution in [1.82, 2.24) is 14.6 Å². The normalized spacial score (nSPS) is 12.2. The average Bonchev–Trinajstić information content (AvgIpc) is 3.07. The Bertz CT molecular complexity index is 867. The van der Waals surface area contributed by atoms with Crippen molar-refractivity contribution in [3.05, 3.63) is 53.3 Å². The molecule has 0 saturated carbocycles. The molecule has 2 heterocycles. The Hall–Kier alpha value is -2.69. The molecule has 0 N–H and O–H groups in total. The molecule has 3 aromatic rings. The van der Waals surface area contributed by atoms with E-state index < -0.39 is 0 Å². The van der Waals surface area contributed by atoms with Crippen molar-refractivity contribution in [2.75, 3.05) is 6.61 Å². The Labute approximate surface area is 121 Å². The van der Waals surface area contributed by atoms with Gasteiger partial charge in [-0.15, -0.1) is 0 Å². The van der Waals surface area contributed by atoms with Crippen LogP contribution in [0.2, 0.25) is 0 Å². The molecule has 21 heavy (non-hydrogen) atoms. The van der Waals surface area contributed by atoms with Crippen molar-refractivity contribution < 1.29 is 9.53 Å². The summed E-state index contributed by atoms with van der Waals surface area (Å²) in [5.74, 6) is -0.383. The van der Waals surface area contributed by atoms with Gasteiger partial charge in [-0.3, -0.25) is 0 Å². The predicted octanol–water partition coefficient (Wildman–Crippen LogP) is 2.48. The third kappa shape index (κ3) is 1.67. The minimum atomic E-state index is -0.383. The molecule has 0 saturated heterocycles. The summed E-state index contributed by atoms with van der Waals surface area (Å²) in [5.41, 5.74) is 5.51. The van der Waals surface area contributed by atoms with Crippen LogP contribution >= 0.6 is 0 Å². The van der Waals surface area contributed by atoms with Crippen LogP contribution in [-0.4, -0.2) is 27.2 Å². The molecule has 0 aliphatic heterocycles. The van der Waals surface area contributed by atoms with Crippen molar-refractivity contribution in [2.45, 2.75) is 13.3 Å². The van der Waals surface area contributed by atoms with Gasteiger partial charge in [0, 0.05) is 23.7 Å². The molecule has 5 nitrogen and oxygen atoms in total. The number of esters is 1. The van der Waals surface area contributed by atoms with E-state index in [1.54, 1.807) is 11.4 Å². The second-order valence-electron chi connectivity index (χ2n) is 4.98. The summed E-state index contributed by atoms with van der Waals surface area (Å²) in [6.45, 7) is 2.12. The van der Waals surface area contributed by atoms with Crippen molar-refractivity contribution >= 4 is 11.6 Å². The number of benzene rings is 1. The van der Waals surface area contributed by atoms with Crippen molar-refractivity contribution in [3.8, 4) is 11.3 Å². The van der Waals surface area contributed by atoms with Crippen LogP contribution in [0.25, 0.3) is 16.9 Å². The third-order valence-electron chi connectivity index (χ3n) is 3.75. The third-order valence-corrected chi connectivity index (χ3v) is 3.75. The number of ether oxygens (including phenoxy) is 1. The highest BCUT2D eigenvalue weighted by atomic mass is 16.5. The smallest absolute Gasteiger partial charge is 0.343 e. The number of rotatable bonds is 2. The highest BCUT2D eigenvalue weighted by Crippen LogP contribution is 2.36. The first kappa shape index (κ1) is 12.1. The molecule has 1 aromatic carbocycles. The molecule has 1 aliphatic rings. The van der Waals surface area contributed by atoms with E-state index in [-0.39, 0.29) is 5.97 Å². The maximum atomic E-state index is 11.9. The molecule has 0 bridgehead atoms. The minimum absolute atomic E-state index is 0.337. The van der Waals surface area contributed by atoms with Crippen LogP contribution in [0.5, 0.6) is 0 Å². The Morgan fingerprint density at radius 3 is 3.00 bits per heavy atom. The average molecular weight is 279 g/mol. The largest absolute Gasteiger partial charge is 0.462 e. The SMILES string of the molecule is CCOC(=O)c1cnn2c3c(cnc12)Cc1ccccc1-3. The summed E-state index contributed by atoms with van der Waals surface area (Å²) < 4.78 is 6.79. The van der Waals surface area contributed by atoms with E-state index in [0.717, 1.165) is 23.2 Å². The number of aromatic nitrogens is 3. The van der Waals surface area contributed by atoms with Gasteiger partial charge in [0.2, 0.25) is 0 Å². The van der Waals surface area contributed by atoms with E-state index >= 15 is 0 Å². The van der Waals surface area contributed by atoms with Crippen LogP contribution in [0, 0.1) is 0 Å². The lowest BCUT2D eigenvalue weighted by atomic mass is 10.1. The standard InChI is InChI=1S/C16H13N3O2/c1-2-21-16(20)13-9-18-19-14-11(8-17-15(13)19)7-10-5-3-4-6-12(10)14/h3-6,8-9H,2,7H2,1H3. The van der Waals surface area contributed by atoms with Crippen LogP contribution < -0.4 is 0 Å². The fourth-order valence-corrected chi connectivity index (χ4v) is 2.85. The first-order chi connectivity index (χ1) is 10.3. The molecule has 0 atom stereocenters. The molecular formula is C16H13N3O2. The predicted molar refractivity (Wildman–Crippen MR) is 77.2 cm³/mol. The van der Waals surface area contributed by atoms with Crippen LogP contribution in [-0.2, 0) is 11.2 Å². The lowest BCUT2D eigenvalue weighted by Gasteiger charge is -2.04. The highest BCUT2D eigenvalue weighted by Gasteiger charge is 2.24. The number of nitrogens with zero attached hydrogens (tertiary/aromatic N) is 3. The molecule has 2 aromatic heterocycles. The van der Waals surface area contributed by atoms with Gasteiger partial charge >= 0.3 is 5.97 Å². The first-order valence-electron chi connectivity index (χ1n) is 6.90. The fourth-order valence-electron chi connectivity index (χ4n) is 2.85. The highest BCUT2D eigenvalue weighted by molar-refractivity contribution is 5.96. The molecule has 5 heteroatoms. The molecular weight excluding hydrogens is 266 g/mol. The molecule has 0 radical (unpaired) electrons. The Kier molecular flexibility index (Phi) is 2.54. The number of hydrogen-bond acceptors (Lipinski definition) is 4. The van der Waals surface area contributed by atoms with Gasteiger partial charge in [0.05, 0.1) is 18.5 Å². The summed E-state index contributed by atoms with van der Waals surface area (Å²) >= 11 is 0. The van der Waals surface area contributed by atoms with Crippen LogP contribution in [0.15, 0.2) is 36.7 Å². The Balaban J connectivity index is 1.95. The van der Waals surface area contributed by atoms with Gasteiger partial charge in [0.15, 0.2) is 5.65 Å². The molecule has 0 spiro atoms.